The van der Waals surface area contributed by atoms with Gasteiger partial charge in [-0.15, -0.1) is 0 Å². The summed E-state index contributed by atoms with van der Waals surface area (Å²) < 4.78 is 0.194. The van der Waals surface area contributed by atoms with E-state index in [9.17, 15) is 4.79 Å². The van der Waals surface area contributed by atoms with Crippen LogP contribution in [0.2, 0.25) is 0 Å². The lowest BCUT2D eigenvalue weighted by molar-refractivity contribution is -0.143. The van der Waals surface area contributed by atoms with E-state index in [1.54, 1.807) is 0 Å². The van der Waals surface area contributed by atoms with Gasteiger partial charge in [-0.3, -0.25) is 4.79 Å². The molecule has 29 heavy (non-hydrogen) atoms. The number of carbonyl (C=O) groups is 1. The van der Waals surface area contributed by atoms with Gasteiger partial charge in [-0.25, -0.2) is 0 Å². The predicted octanol–water partition coefficient (Wildman–Crippen LogP) is 8.32. The van der Waals surface area contributed by atoms with Gasteiger partial charge in [0.2, 0.25) is 0 Å². The number of halogens is 2. The molecular formula is C26H40I2O. The van der Waals surface area contributed by atoms with Crippen LogP contribution in [0.25, 0.3) is 0 Å². The Morgan fingerprint density at radius 3 is 2.31 bits per heavy atom. The van der Waals surface area contributed by atoms with Crippen LogP contribution in [-0.4, -0.2) is 12.6 Å². The maximum atomic E-state index is 14.4. The van der Waals surface area contributed by atoms with E-state index in [2.05, 4.69) is 92.8 Å². The predicted molar refractivity (Wildman–Crippen MR) is 140 cm³/mol. The van der Waals surface area contributed by atoms with Gasteiger partial charge in [0.15, 0.2) is 5.78 Å². The Hall–Kier alpha value is 0.870. The van der Waals surface area contributed by atoms with E-state index < -0.39 is 0 Å². The van der Waals surface area contributed by atoms with Gasteiger partial charge in [-0.2, -0.15) is 0 Å². The van der Waals surface area contributed by atoms with Crippen LogP contribution in [0.5, 0.6) is 0 Å². The van der Waals surface area contributed by atoms with Crippen molar-refractivity contribution in [3.63, 3.8) is 0 Å². The normalized spacial score (nSPS) is 54.6. The molecule has 0 radical (unpaired) electrons. The highest BCUT2D eigenvalue weighted by molar-refractivity contribution is 14.1. The van der Waals surface area contributed by atoms with Crippen molar-refractivity contribution in [3.05, 3.63) is 11.6 Å². The largest absolute Gasteiger partial charge is 0.294 e. The molecule has 4 aliphatic carbocycles. The number of fused-ring (bicyclic) bond motifs is 5. The van der Waals surface area contributed by atoms with Crippen molar-refractivity contribution in [1.82, 2.24) is 0 Å². The Morgan fingerprint density at radius 1 is 1.03 bits per heavy atom. The van der Waals surface area contributed by atoms with Crippen LogP contribution in [0.15, 0.2) is 11.6 Å². The van der Waals surface area contributed by atoms with Crippen molar-refractivity contribution in [2.75, 3.05) is 0 Å². The van der Waals surface area contributed by atoms with E-state index in [1.165, 1.54) is 63.4 Å². The van der Waals surface area contributed by atoms with Crippen molar-refractivity contribution in [1.29, 1.82) is 0 Å². The molecule has 3 heteroatoms. The summed E-state index contributed by atoms with van der Waals surface area (Å²) >= 11 is 5.68. The molecule has 0 spiro atoms. The van der Waals surface area contributed by atoms with Crippen LogP contribution in [-0.2, 0) is 4.79 Å². The maximum absolute atomic E-state index is 14.4. The van der Waals surface area contributed by atoms with Crippen molar-refractivity contribution in [2.45, 2.75) is 106 Å². The second-order valence-corrected chi connectivity index (χ2v) is 15.4. The van der Waals surface area contributed by atoms with Gasteiger partial charge in [0, 0.05) is 12.3 Å². The van der Waals surface area contributed by atoms with Crippen LogP contribution >= 0.6 is 45.2 Å². The van der Waals surface area contributed by atoms with Gasteiger partial charge >= 0.3 is 0 Å². The second-order valence-electron chi connectivity index (χ2n) is 11.5. The first kappa shape index (κ1) is 23.0. The molecule has 0 saturated heterocycles. The molecule has 164 valence electrons. The first-order chi connectivity index (χ1) is 13.5. The zero-order chi connectivity index (χ0) is 21.5. The second kappa shape index (κ2) is 7.18. The van der Waals surface area contributed by atoms with E-state index in [4.69, 9.17) is 0 Å². The molecule has 0 heterocycles. The van der Waals surface area contributed by atoms with Gasteiger partial charge in [0.25, 0.3) is 0 Å². The summed E-state index contributed by atoms with van der Waals surface area (Å²) in [6, 6.07) is 0. The van der Waals surface area contributed by atoms with Gasteiger partial charge in [-0.1, -0.05) is 105 Å². The molecule has 4 fully saturated rings. The average molecular weight is 622 g/mol. The van der Waals surface area contributed by atoms with Crippen LogP contribution in [0.1, 0.15) is 99.3 Å². The third kappa shape index (κ3) is 2.58. The van der Waals surface area contributed by atoms with E-state index in [0.717, 1.165) is 11.8 Å². The van der Waals surface area contributed by atoms with Gasteiger partial charge < -0.3 is 0 Å². The lowest BCUT2D eigenvalue weighted by Gasteiger charge is -2.70. The number of hydrogen-bond donors (Lipinski definition) is 0. The van der Waals surface area contributed by atoms with E-state index in [1.807, 2.05) is 0 Å². The number of ketones is 1. The quantitative estimate of drug-likeness (QED) is 0.172. The summed E-state index contributed by atoms with van der Waals surface area (Å²) in [5, 5.41) is 0. The molecule has 1 unspecified atom stereocenters. The fraction of sp³-hybridized carbons (Fsp3) is 0.885. The van der Waals surface area contributed by atoms with Crippen LogP contribution < -0.4 is 0 Å². The van der Waals surface area contributed by atoms with Crippen molar-refractivity contribution >= 4 is 51.0 Å². The van der Waals surface area contributed by atoms with Crippen molar-refractivity contribution in [3.8, 4) is 0 Å². The van der Waals surface area contributed by atoms with E-state index in [-0.39, 0.29) is 29.0 Å². The molecule has 0 aromatic rings. The van der Waals surface area contributed by atoms with E-state index in [0.29, 0.717) is 5.78 Å². The standard InChI is InChI=1S/C26H40I2O/c1-7-17(3)19-11-14-25(27)21-20(29)18(8-2)22(4)12-9-10-13-24(22,6)26(21,28)16-15-23(19,25)5/h8,17,19,21H,7,9-16H2,1-6H3/b18-8-/t17?,19-,21+,22+,23-,24+,25-,26-/m1/s1. The number of rotatable bonds is 2. The highest BCUT2D eigenvalue weighted by Gasteiger charge is 2.76. The molecule has 0 aromatic heterocycles. The Morgan fingerprint density at radius 2 is 1.69 bits per heavy atom. The Kier molecular flexibility index (Phi) is 5.71. The van der Waals surface area contributed by atoms with Crippen LogP contribution in [0, 0.1) is 34.0 Å². The molecule has 8 atom stereocenters. The summed E-state index contributed by atoms with van der Waals surface area (Å²) in [5.74, 6) is 2.22. The molecular weight excluding hydrogens is 582 g/mol. The Labute approximate surface area is 206 Å². The molecule has 4 aliphatic rings. The molecule has 0 amide bonds. The number of hydrogen-bond acceptors (Lipinski definition) is 1. The summed E-state index contributed by atoms with van der Waals surface area (Å²) in [7, 11) is 0. The maximum Gasteiger partial charge on any atom is 0.164 e. The highest BCUT2D eigenvalue weighted by Crippen LogP contribution is 2.78. The zero-order valence-electron chi connectivity index (χ0n) is 19.3. The fourth-order valence-corrected chi connectivity index (χ4v) is 13.1. The third-order valence-corrected chi connectivity index (χ3v) is 15.7. The van der Waals surface area contributed by atoms with Crippen molar-refractivity contribution < 1.29 is 4.79 Å². The lowest BCUT2D eigenvalue weighted by atomic mass is 9.38. The minimum Gasteiger partial charge on any atom is -0.294 e. The van der Waals surface area contributed by atoms with Crippen LogP contribution in [0.3, 0.4) is 0 Å². The minimum atomic E-state index is 0.0459. The number of allylic oxidation sites excluding steroid dienone is 2. The molecule has 0 aromatic carbocycles. The average Bonchev–Trinajstić information content (AvgIpc) is 2.94. The molecule has 1 nitrogen and oxygen atoms in total. The molecule has 0 N–H and O–H groups in total. The summed E-state index contributed by atoms with van der Waals surface area (Å²) in [4.78, 5) is 14.4. The Balaban J connectivity index is 1.90. The first-order valence-corrected chi connectivity index (χ1v) is 14.2. The summed E-state index contributed by atoms with van der Waals surface area (Å²) in [5.41, 5.74) is 1.73. The summed E-state index contributed by atoms with van der Waals surface area (Å²) in [6.45, 7) is 14.5. The number of alkyl halides is 2. The number of carbonyl (C=O) groups excluding carboxylic acids is 1. The topological polar surface area (TPSA) is 17.1 Å². The first-order valence-electron chi connectivity index (χ1n) is 12.1. The SMILES string of the molecule is C/C=C1/C(=O)[C@@H]2[C@](I)(CC[C@]3(C)[C@@H](C(C)CC)CC[C@@]23I)[C@@]2(C)CCCC[C@@]12C. The van der Waals surface area contributed by atoms with Crippen molar-refractivity contribution in [2.24, 2.45) is 34.0 Å². The lowest BCUT2D eigenvalue weighted by Crippen LogP contribution is -2.72. The van der Waals surface area contributed by atoms with Gasteiger partial charge in [0.1, 0.15) is 0 Å². The number of Topliss-reactive ketones (excluding diaryl/α,β-unsaturated/α-hetero) is 1. The summed E-state index contributed by atoms with van der Waals surface area (Å²) in [6.07, 6.45) is 13.6. The van der Waals surface area contributed by atoms with Gasteiger partial charge in [0.05, 0.1) is 5.92 Å². The smallest absolute Gasteiger partial charge is 0.164 e. The monoisotopic (exact) mass is 622 g/mol. The van der Waals surface area contributed by atoms with Crippen LogP contribution in [0.4, 0.5) is 0 Å². The molecule has 4 rings (SSSR count). The fourth-order valence-electron chi connectivity index (χ4n) is 8.80. The molecule has 0 aliphatic heterocycles. The molecule has 0 bridgehead atoms. The molecule has 4 saturated carbocycles. The van der Waals surface area contributed by atoms with Gasteiger partial charge in [-0.05, 0) is 73.7 Å². The third-order valence-electron chi connectivity index (χ3n) is 11.0. The highest BCUT2D eigenvalue weighted by atomic mass is 127. The zero-order valence-corrected chi connectivity index (χ0v) is 23.7. The Bertz CT molecular complexity index is 745. The van der Waals surface area contributed by atoms with E-state index >= 15 is 0 Å². The minimum absolute atomic E-state index is 0.0459.